The SMILES string of the molecule is C[C@H]1C[C@H](O)[C@@H](C)/C=C/C=C/C=C/C=C/C=C/C=C/C=C/C(O[C@@H]2OC[C@@H](O)[C@H](N)[C@H]2O)C[C@@H]2OC(O)(CC(O)CC(O)C(O)CCC(O)CC(O)CC(=O)O1)C[C@H](O)C2C(=O)NCCC#N. The molecule has 0 saturated carbocycles. The Kier molecular flexibility index (Phi) is 25.5. The molecule has 0 aliphatic carbocycles. The Morgan fingerprint density at radius 1 is 0.761 bits per heavy atom. The molecular weight excluding hydrogens is 875 g/mol. The van der Waals surface area contributed by atoms with E-state index in [9.17, 15) is 60.7 Å². The number of allylic oxidation sites excluding steroid dienone is 12. The predicted molar refractivity (Wildman–Crippen MR) is 243 cm³/mol. The van der Waals surface area contributed by atoms with Crippen LogP contribution in [-0.4, -0.2) is 167 Å². The Labute approximate surface area is 392 Å². The molecule has 1 amide bonds. The van der Waals surface area contributed by atoms with Crippen molar-refractivity contribution in [3.63, 3.8) is 0 Å². The monoisotopic (exact) mass is 947 g/mol. The molecular formula is C48H73N3O16. The number of esters is 1. The lowest BCUT2D eigenvalue weighted by Gasteiger charge is -2.45. The second kappa shape index (κ2) is 29.8. The van der Waals surface area contributed by atoms with Crippen LogP contribution >= 0.6 is 0 Å². The highest BCUT2D eigenvalue weighted by Gasteiger charge is 2.50. The Balaban J connectivity index is 1.89. The summed E-state index contributed by atoms with van der Waals surface area (Å²) in [7, 11) is 0. The summed E-state index contributed by atoms with van der Waals surface area (Å²) in [4.78, 5) is 26.0. The molecule has 17 atom stereocenters. The molecule has 2 fully saturated rings. The van der Waals surface area contributed by atoms with Crippen LogP contribution in [0.3, 0.4) is 0 Å². The highest BCUT2D eigenvalue weighted by Crippen LogP contribution is 2.38. The Hall–Kier alpha value is -3.95. The van der Waals surface area contributed by atoms with E-state index >= 15 is 0 Å². The largest absolute Gasteiger partial charge is 0.462 e. The van der Waals surface area contributed by atoms with Crippen LogP contribution in [0.2, 0.25) is 0 Å². The number of hydrogen-bond acceptors (Lipinski definition) is 18. The van der Waals surface area contributed by atoms with E-state index in [1.165, 1.54) is 0 Å². The number of carbonyl (C=O) groups is 2. The Bertz CT molecular complexity index is 1750. The molecule has 3 heterocycles. The molecule has 13 N–H and O–H groups in total. The van der Waals surface area contributed by atoms with Gasteiger partial charge in [0.25, 0.3) is 0 Å². The third-order valence-corrected chi connectivity index (χ3v) is 11.6. The van der Waals surface area contributed by atoms with Crippen molar-refractivity contribution in [3.8, 4) is 6.07 Å². The highest BCUT2D eigenvalue weighted by atomic mass is 16.7. The van der Waals surface area contributed by atoms with Gasteiger partial charge in [-0.05, 0) is 26.2 Å². The van der Waals surface area contributed by atoms with Crippen LogP contribution in [0, 0.1) is 23.2 Å². The predicted octanol–water partition coefficient (Wildman–Crippen LogP) is 0.0225. The number of hydrogen-bond donors (Lipinski definition) is 12. The van der Waals surface area contributed by atoms with Crippen molar-refractivity contribution in [1.82, 2.24) is 5.32 Å². The molecule has 0 aromatic heterocycles. The number of nitrogens with zero attached hydrogens (tertiary/aromatic N) is 1. The Morgan fingerprint density at radius 3 is 2.00 bits per heavy atom. The van der Waals surface area contributed by atoms with Gasteiger partial charge in [-0.25, -0.2) is 0 Å². The van der Waals surface area contributed by atoms with E-state index in [2.05, 4.69) is 5.32 Å². The standard InChI is InChI=1S/C48H73N3O16/c1-30-16-13-11-9-7-5-3-4-6-8-10-12-14-17-35(66-47-45(61)44(50)40(59)29-64-47)26-41-43(46(62)51-21-15-20-49)39(58)28-48(63,67-41)27-34(54)24-38(57)36(55)19-18-32(52)23-33(53)25-42(60)65-31(2)22-37(30)56/h3-14,16-17,30-41,43-45,47,52-59,61,63H,15,18-19,21-29,50H2,1-2H3,(H,51,62)/b4-3+,7-5+,8-6+,11-9+,12-10+,16-13+,17-14+/t30-,31-,32?,33?,34?,35?,36?,37-,38?,39-,40+,41-,43?,44-,45+,47-,48?/m0/s1. The summed E-state index contributed by atoms with van der Waals surface area (Å²) in [5.74, 6) is -5.31. The number of fused-ring (bicyclic) bond motifs is 2. The topological polar surface area (TPSA) is 335 Å². The van der Waals surface area contributed by atoms with Gasteiger partial charge in [-0.3, -0.25) is 9.59 Å². The van der Waals surface area contributed by atoms with Gasteiger partial charge >= 0.3 is 5.97 Å². The minimum absolute atomic E-state index is 0.0342. The second-order valence-electron chi connectivity index (χ2n) is 17.6. The van der Waals surface area contributed by atoms with E-state index in [0.29, 0.717) is 0 Å². The lowest BCUT2D eigenvalue weighted by molar-refractivity contribution is -0.304. The molecule has 376 valence electrons. The second-order valence-corrected chi connectivity index (χ2v) is 17.6. The number of aliphatic hydroxyl groups excluding tert-OH is 9. The van der Waals surface area contributed by atoms with Gasteiger partial charge in [0.05, 0.1) is 98.5 Å². The smallest absolute Gasteiger partial charge is 0.308 e. The normalized spacial score (nSPS) is 42.1. The zero-order valence-corrected chi connectivity index (χ0v) is 38.3. The van der Waals surface area contributed by atoms with E-state index < -0.39 is 135 Å². The highest BCUT2D eigenvalue weighted by molar-refractivity contribution is 5.80. The van der Waals surface area contributed by atoms with Crippen molar-refractivity contribution in [2.45, 2.75) is 169 Å². The molecule has 0 aromatic carbocycles. The van der Waals surface area contributed by atoms with Crippen molar-refractivity contribution in [3.05, 3.63) is 85.1 Å². The van der Waals surface area contributed by atoms with E-state index in [1.807, 2.05) is 31.2 Å². The number of rotatable bonds is 5. The molecule has 3 aliphatic rings. The van der Waals surface area contributed by atoms with Crippen molar-refractivity contribution < 1.29 is 79.6 Å². The third-order valence-electron chi connectivity index (χ3n) is 11.6. The van der Waals surface area contributed by atoms with E-state index in [0.717, 1.165) is 0 Å². The maximum absolute atomic E-state index is 13.5. The fourth-order valence-electron chi connectivity index (χ4n) is 7.87. The molecule has 19 heteroatoms. The third kappa shape index (κ3) is 21.1. The average molecular weight is 948 g/mol. The maximum Gasteiger partial charge on any atom is 0.308 e. The van der Waals surface area contributed by atoms with Gasteiger partial charge in [-0.15, -0.1) is 0 Å². The lowest BCUT2D eigenvalue weighted by atomic mass is 9.82. The van der Waals surface area contributed by atoms with Gasteiger partial charge in [0.15, 0.2) is 12.1 Å². The lowest BCUT2D eigenvalue weighted by Crippen LogP contribution is -2.59. The number of amides is 1. The molecule has 0 radical (unpaired) electrons. The summed E-state index contributed by atoms with van der Waals surface area (Å²) < 4.78 is 23.1. The first-order chi connectivity index (χ1) is 31.8. The van der Waals surface area contributed by atoms with Gasteiger partial charge in [0.2, 0.25) is 5.91 Å². The zero-order valence-electron chi connectivity index (χ0n) is 38.3. The van der Waals surface area contributed by atoms with Gasteiger partial charge in [0, 0.05) is 44.6 Å². The number of nitriles is 1. The van der Waals surface area contributed by atoms with Crippen LogP contribution in [0.15, 0.2) is 85.1 Å². The van der Waals surface area contributed by atoms with Crippen LogP contribution in [0.5, 0.6) is 0 Å². The number of cyclic esters (lactones) is 1. The van der Waals surface area contributed by atoms with Gasteiger partial charge in [0.1, 0.15) is 12.2 Å². The molecule has 0 aromatic rings. The van der Waals surface area contributed by atoms with Crippen molar-refractivity contribution in [2.24, 2.45) is 17.6 Å². The van der Waals surface area contributed by atoms with Crippen LogP contribution < -0.4 is 11.1 Å². The summed E-state index contributed by atoms with van der Waals surface area (Å²) in [6, 6.07) is 0.793. The summed E-state index contributed by atoms with van der Waals surface area (Å²) >= 11 is 0. The number of ether oxygens (including phenoxy) is 4. The summed E-state index contributed by atoms with van der Waals surface area (Å²) in [5, 5.41) is 120. The van der Waals surface area contributed by atoms with E-state index in [-0.39, 0.29) is 57.6 Å². The number of aliphatic hydroxyl groups is 10. The van der Waals surface area contributed by atoms with E-state index in [4.69, 9.17) is 29.9 Å². The fourth-order valence-corrected chi connectivity index (χ4v) is 7.87. The molecule has 19 nitrogen and oxygen atoms in total. The number of nitrogens with two attached hydrogens (primary N) is 1. The van der Waals surface area contributed by atoms with Gasteiger partial charge in [-0.2, -0.15) is 5.26 Å². The van der Waals surface area contributed by atoms with Crippen molar-refractivity contribution >= 4 is 11.9 Å². The van der Waals surface area contributed by atoms with Gasteiger partial charge in [-0.1, -0.05) is 92.0 Å². The van der Waals surface area contributed by atoms with Crippen LogP contribution in [0.1, 0.15) is 78.1 Å². The van der Waals surface area contributed by atoms with Crippen LogP contribution in [0.25, 0.3) is 0 Å². The summed E-state index contributed by atoms with van der Waals surface area (Å²) in [6.45, 7) is 3.14. The first-order valence-electron chi connectivity index (χ1n) is 22.9. The number of nitrogens with one attached hydrogen (secondary N) is 1. The molecule has 3 rings (SSSR count). The molecule has 0 spiro atoms. The minimum Gasteiger partial charge on any atom is -0.462 e. The van der Waals surface area contributed by atoms with Crippen LogP contribution in [0.4, 0.5) is 0 Å². The minimum atomic E-state index is -2.29. The maximum atomic E-state index is 13.5. The average Bonchev–Trinajstić information content (AvgIpc) is 3.24. The van der Waals surface area contributed by atoms with E-state index in [1.54, 1.807) is 73.8 Å². The first-order valence-corrected chi connectivity index (χ1v) is 22.9. The number of carbonyl (C=O) groups excluding carboxylic acids is 2. The summed E-state index contributed by atoms with van der Waals surface area (Å²) in [6.07, 6.45) is 5.24. The molecule has 8 unspecified atom stereocenters. The summed E-state index contributed by atoms with van der Waals surface area (Å²) in [5.41, 5.74) is 5.98. The van der Waals surface area contributed by atoms with Crippen molar-refractivity contribution in [1.29, 1.82) is 5.26 Å². The molecule has 67 heavy (non-hydrogen) atoms. The first kappa shape index (κ1) is 57.4. The quantitative estimate of drug-likeness (QED) is 0.128. The molecule has 2 bridgehead atoms. The van der Waals surface area contributed by atoms with Crippen LogP contribution in [-0.2, 0) is 28.5 Å². The zero-order chi connectivity index (χ0) is 49.5. The fraction of sp³-hybridized carbons (Fsp3) is 0.646. The molecule has 3 aliphatic heterocycles. The molecule has 2 saturated heterocycles. The van der Waals surface area contributed by atoms with Crippen molar-refractivity contribution in [2.75, 3.05) is 13.2 Å². The Morgan fingerprint density at radius 2 is 1.37 bits per heavy atom. The van der Waals surface area contributed by atoms with Gasteiger partial charge < -0.3 is 81.1 Å².